The zero-order chi connectivity index (χ0) is 24.9. The number of carbonyl (C=O) groups excluding carboxylic acids is 1. The fourth-order valence-corrected chi connectivity index (χ4v) is 3.69. The van der Waals surface area contributed by atoms with E-state index >= 15 is 0 Å². The van der Waals surface area contributed by atoms with Gasteiger partial charge in [-0.3, -0.25) is 14.5 Å². The maximum atomic E-state index is 14.8. The molecular formula is C24H29FN8O2. The number of anilines is 1. The Balaban J connectivity index is 1.53. The molecule has 184 valence electrons. The van der Waals surface area contributed by atoms with Crippen molar-refractivity contribution in [1.29, 1.82) is 0 Å². The highest BCUT2D eigenvalue weighted by Crippen LogP contribution is 2.36. The van der Waals surface area contributed by atoms with E-state index in [1.165, 1.54) is 11.1 Å². The third-order valence-electron chi connectivity index (χ3n) is 5.69. The highest BCUT2D eigenvalue weighted by molar-refractivity contribution is 6.05. The lowest BCUT2D eigenvalue weighted by Crippen LogP contribution is -2.41. The van der Waals surface area contributed by atoms with Crippen molar-refractivity contribution in [3.05, 3.63) is 65.4 Å². The Bertz CT molecular complexity index is 1240. The Morgan fingerprint density at radius 3 is 2.89 bits per heavy atom. The summed E-state index contributed by atoms with van der Waals surface area (Å²) >= 11 is 0. The first-order valence-corrected chi connectivity index (χ1v) is 11.4. The predicted molar refractivity (Wildman–Crippen MR) is 131 cm³/mol. The summed E-state index contributed by atoms with van der Waals surface area (Å²) in [6.45, 7) is 4.97. The van der Waals surface area contributed by atoms with Gasteiger partial charge in [0.25, 0.3) is 5.91 Å². The first-order chi connectivity index (χ1) is 16.9. The number of carbonyl (C=O) groups is 1. The molecule has 3 aromatic rings. The number of amidine groups is 1. The molecule has 0 aliphatic heterocycles. The number of rotatable bonds is 9. The smallest absolute Gasteiger partial charge is 0.259 e. The predicted octanol–water partition coefficient (Wildman–Crippen LogP) is 2.81. The van der Waals surface area contributed by atoms with Crippen molar-refractivity contribution < 1.29 is 13.9 Å². The molecule has 1 saturated carbocycles. The molecular weight excluding hydrogens is 451 g/mol. The van der Waals surface area contributed by atoms with E-state index in [-0.39, 0.29) is 17.2 Å². The number of nitrogens with two attached hydrogens (primary N) is 2. The molecule has 1 aromatic carbocycles. The summed E-state index contributed by atoms with van der Waals surface area (Å²) in [6.07, 6.45) is 5.88. The van der Waals surface area contributed by atoms with Gasteiger partial charge in [-0.15, -0.1) is 0 Å². The van der Waals surface area contributed by atoms with Gasteiger partial charge in [0, 0.05) is 18.4 Å². The maximum absolute atomic E-state index is 14.8. The van der Waals surface area contributed by atoms with Crippen molar-refractivity contribution in [3.8, 4) is 11.1 Å². The van der Waals surface area contributed by atoms with Crippen LogP contribution in [0.15, 0.2) is 47.8 Å². The van der Waals surface area contributed by atoms with Gasteiger partial charge in [0.2, 0.25) is 0 Å². The van der Waals surface area contributed by atoms with Crippen molar-refractivity contribution in [2.75, 3.05) is 25.1 Å². The fraction of sp³-hybridized carbons (Fsp3) is 0.333. The molecule has 0 unspecified atom stereocenters. The Kier molecular flexibility index (Phi) is 7.37. The quantitative estimate of drug-likeness (QED) is 0.141. The van der Waals surface area contributed by atoms with E-state index in [9.17, 15) is 9.18 Å². The number of aromatic nitrogens is 3. The second kappa shape index (κ2) is 10.6. The van der Waals surface area contributed by atoms with Crippen LogP contribution >= 0.6 is 0 Å². The minimum absolute atomic E-state index is 0.0955. The van der Waals surface area contributed by atoms with Crippen LogP contribution in [0.25, 0.3) is 11.1 Å². The number of pyridine rings is 1. The van der Waals surface area contributed by atoms with Gasteiger partial charge in [-0.2, -0.15) is 10.2 Å². The van der Waals surface area contributed by atoms with Gasteiger partial charge in [0.1, 0.15) is 17.3 Å². The van der Waals surface area contributed by atoms with Gasteiger partial charge in [-0.1, -0.05) is 6.07 Å². The SMILES string of the molecule is CCOCCN(N)/C(=N\N)c1cccc(NC(=O)c2cc(-c3cnn(C4CC4)c3)c(C)cc2F)n1. The Morgan fingerprint density at radius 2 is 2.17 bits per heavy atom. The number of hydrazone groups is 1. The molecule has 35 heavy (non-hydrogen) atoms. The van der Waals surface area contributed by atoms with Crippen LogP contribution in [0.4, 0.5) is 10.2 Å². The molecule has 1 fully saturated rings. The van der Waals surface area contributed by atoms with Crippen LogP contribution in [0, 0.1) is 12.7 Å². The largest absolute Gasteiger partial charge is 0.380 e. The van der Waals surface area contributed by atoms with E-state index in [2.05, 4.69) is 20.5 Å². The second-order valence-corrected chi connectivity index (χ2v) is 8.29. The molecule has 2 aromatic heterocycles. The van der Waals surface area contributed by atoms with Crippen LogP contribution in [0.3, 0.4) is 0 Å². The molecule has 1 aliphatic rings. The van der Waals surface area contributed by atoms with Gasteiger partial charge in [-0.05, 0) is 62.1 Å². The lowest BCUT2D eigenvalue weighted by Gasteiger charge is -2.19. The number of aryl methyl sites for hydroxylation is 1. The van der Waals surface area contributed by atoms with E-state index in [0.717, 1.165) is 24.0 Å². The summed E-state index contributed by atoms with van der Waals surface area (Å²) in [5.41, 5.74) is 2.55. The number of amides is 1. The standard InChI is InChI=1S/C24H29FN8O2/c1-3-35-10-9-32(27)23(31-26)21-5-4-6-22(29-21)30-24(34)19-12-18(15(2)11-20(19)25)16-13-28-33(14-16)17-7-8-17/h4-6,11-14,17H,3,7-10,26-27H2,1-2H3,(H,29,30,34)/b31-23-. The molecule has 0 spiro atoms. The Morgan fingerprint density at radius 1 is 1.37 bits per heavy atom. The van der Waals surface area contributed by atoms with Crippen molar-refractivity contribution in [2.24, 2.45) is 16.8 Å². The van der Waals surface area contributed by atoms with Gasteiger partial charge in [0.15, 0.2) is 5.84 Å². The average Bonchev–Trinajstić information content (AvgIpc) is 3.57. The van der Waals surface area contributed by atoms with Gasteiger partial charge < -0.3 is 15.9 Å². The fourth-order valence-electron chi connectivity index (χ4n) is 3.69. The lowest BCUT2D eigenvalue weighted by molar-refractivity contribution is 0.102. The number of nitrogens with one attached hydrogen (secondary N) is 1. The summed E-state index contributed by atoms with van der Waals surface area (Å²) < 4.78 is 22.0. The van der Waals surface area contributed by atoms with Crippen molar-refractivity contribution in [3.63, 3.8) is 0 Å². The monoisotopic (exact) mass is 480 g/mol. The molecule has 11 heteroatoms. The minimum atomic E-state index is -0.629. The van der Waals surface area contributed by atoms with Crippen molar-refractivity contribution in [2.45, 2.75) is 32.7 Å². The third kappa shape index (κ3) is 5.64. The molecule has 0 bridgehead atoms. The Hall–Kier alpha value is -3.83. The highest BCUT2D eigenvalue weighted by Gasteiger charge is 2.25. The molecule has 0 atom stereocenters. The number of hydrazine groups is 1. The summed E-state index contributed by atoms with van der Waals surface area (Å²) in [5, 5.41) is 12.1. The van der Waals surface area contributed by atoms with Gasteiger partial charge in [0.05, 0.1) is 31.0 Å². The topological polar surface area (TPSA) is 137 Å². The number of hydrogen-bond donors (Lipinski definition) is 3. The number of hydrogen-bond acceptors (Lipinski definition) is 7. The van der Waals surface area contributed by atoms with Gasteiger partial charge in [-0.25, -0.2) is 15.2 Å². The van der Waals surface area contributed by atoms with Crippen molar-refractivity contribution >= 4 is 17.6 Å². The van der Waals surface area contributed by atoms with E-state index in [1.807, 2.05) is 17.8 Å². The molecule has 1 amide bonds. The average molecular weight is 481 g/mol. The van der Waals surface area contributed by atoms with Gasteiger partial charge >= 0.3 is 0 Å². The van der Waals surface area contributed by atoms with E-state index in [0.29, 0.717) is 37.1 Å². The van der Waals surface area contributed by atoms with Crippen LogP contribution in [-0.4, -0.2) is 51.3 Å². The maximum Gasteiger partial charge on any atom is 0.259 e. The molecule has 5 N–H and O–H groups in total. The molecule has 4 rings (SSSR count). The zero-order valence-electron chi connectivity index (χ0n) is 19.7. The van der Waals surface area contributed by atoms with Crippen LogP contribution in [0.5, 0.6) is 0 Å². The number of nitrogens with zero attached hydrogens (tertiary/aromatic N) is 5. The third-order valence-corrected chi connectivity index (χ3v) is 5.69. The molecule has 10 nitrogen and oxygen atoms in total. The van der Waals surface area contributed by atoms with E-state index in [1.54, 1.807) is 37.4 Å². The summed E-state index contributed by atoms with van der Waals surface area (Å²) in [5.74, 6) is 10.7. The number of ether oxygens (including phenoxy) is 1. The van der Waals surface area contributed by atoms with Crippen LogP contribution < -0.4 is 17.0 Å². The minimum Gasteiger partial charge on any atom is -0.380 e. The number of halogens is 1. The summed E-state index contributed by atoms with van der Waals surface area (Å²) in [4.78, 5) is 17.4. The first-order valence-electron chi connectivity index (χ1n) is 11.4. The van der Waals surface area contributed by atoms with E-state index in [4.69, 9.17) is 16.4 Å². The second-order valence-electron chi connectivity index (χ2n) is 8.29. The zero-order valence-corrected chi connectivity index (χ0v) is 19.7. The molecule has 2 heterocycles. The Labute approximate surface area is 202 Å². The van der Waals surface area contributed by atoms with Crippen molar-refractivity contribution in [1.82, 2.24) is 19.8 Å². The first kappa shape index (κ1) is 24.3. The molecule has 1 aliphatic carbocycles. The number of benzene rings is 1. The molecule has 0 saturated heterocycles. The molecule has 0 radical (unpaired) electrons. The summed E-state index contributed by atoms with van der Waals surface area (Å²) in [7, 11) is 0. The lowest BCUT2D eigenvalue weighted by atomic mass is 9.99. The normalized spacial score (nSPS) is 13.7. The van der Waals surface area contributed by atoms with E-state index < -0.39 is 11.7 Å². The van der Waals surface area contributed by atoms with Crippen LogP contribution in [0.2, 0.25) is 0 Å². The highest BCUT2D eigenvalue weighted by atomic mass is 19.1. The van der Waals surface area contributed by atoms with Crippen LogP contribution in [0.1, 0.15) is 47.4 Å². The van der Waals surface area contributed by atoms with Crippen LogP contribution in [-0.2, 0) is 4.74 Å². The summed E-state index contributed by atoms with van der Waals surface area (Å²) in [6, 6.07) is 8.24.